The van der Waals surface area contributed by atoms with Gasteiger partial charge in [0.2, 0.25) is 0 Å². The van der Waals surface area contributed by atoms with Crippen molar-refractivity contribution in [2.45, 2.75) is 12.0 Å². The third kappa shape index (κ3) is 3.26. The van der Waals surface area contributed by atoms with E-state index in [-0.39, 0.29) is 5.92 Å². The Hall–Kier alpha value is -0.680. The summed E-state index contributed by atoms with van der Waals surface area (Å²) in [5.74, 6) is -0.144. The summed E-state index contributed by atoms with van der Waals surface area (Å²) in [7, 11) is 0. The van der Waals surface area contributed by atoms with Gasteiger partial charge >= 0.3 is 0 Å². The molecule has 0 spiro atoms. The van der Waals surface area contributed by atoms with Crippen molar-refractivity contribution in [3.63, 3.8) is 0 Å². The summed E-state index contributed by atoms with van der Waals surface area (Å²) in [5, 5.41) is 10.6. The molecule has 0 amide bonds. The van der Waals surface area contributed by atoms with E-state index >= 15 is 0 Å². The predicted octanol–water partition coefficient (Wildman–Crippen LogP) is 3.99. The first-order valence-corrected chi connectivity index (χ1v) is 7.60. The molecule has 19 heavy (non-hydrogen) atoms. The number of halogens is 2. The van der Waals surface area contributed by atoms with Crippen LogP contribution in [0.3, 0.4) is 0 Å². The molecule has 3 N–H and O–H groups in total. The molecule has 0 bridgehead atoms. The zero-order valence-corrected chi connectivity index (χ0v) is 13.4. The number of rotatable bonds is 4. The van der Waals surface area contributed by atoms with E-state index in [2.05, 4.69) is 31.9 Å². The van der Waals surface area contributed by atoms with Gasteiger partial charge in [0.25, 0.3) is 0 Å². The Labute approximate surface area is 129 Å². The van der Waals surface area contributed by atoms with Gasteiger partial charge in [-0.3, -0.25) is 0 Å². The van der Waals surface area contributed by atoms with Gasteiger partial charge < -0.3 is 10.8 Å². The van der Waals surface area contributed by atoms with E-state index in [0.29, 0.717) is 6.54 Å². The molecule has 0 aliphatic carbocycles. The van der Waals surface area contributed by atoms with Crippen LogP contribution >= 0.6 is 31.9 Å². The Kier molecular flexibility index (Phi) is 5.16. The first-order chi connectivity index (χ1) is 9.15. The minimum absolute atomic E-state index is 0.144. The summed E-state index contributed by atoms with van der Waals surface area (Å²) < 4.78 is 1.87. The Morgan fingerprint density at radius 2 is 1.37 bits per heavy atom. The minimum Gasteiger partial charge on any atom is -0.388 e. The van der Waals surface area contributed by atoms with Crippen LogP contribution in [0.2, 0.25) is 0 Å². The summed E-state index contributed by atoms with van der Waals surface area (Å²) in [6.45, 7) is 0.380. The van der Waals surface area contributed by atoms with E-state index < -0.39 is 6.10 Å². The molecule has 4 heteroatoms. The van der Waals surface area contributed by atoms with Crippen molar-refractivity contribution < 1.29 is 5.11 Å². The van der Waals surface area contributed by atoms with Crippen LogP contribution in [0.25, 0.3) is 0 Å². The number of benzene rings is 2. The molecular weight excluding hydrogens is 370 g/mol. The van der Waals surface area contributed by atoms with Crippen LogP contribution in [0.1, 0.15) is 23.1 Å². The SMILES string of the molecule is NCC(c1ccccc1Br)C(O)c1ccccc1Br. The van der Waals surface area contributed by atoms with Crippen LogP contribution in [-0.2, 0) is 0 Å². The van der Waals surface area contributed by atoms with Crippen molar-refractivity contribution in [3.8, 4) is 0 Å². The molecule has 2 atom stereocenters. The highest BCUT2D eigenvalue weighted by Crippen LogP contribution is 2.36. The van der Waals surface area contributed by atoms with Crippen LogP contribution in [0.5, 0.6) is 0 Å². The number of hydrogen-bond donors (Lipinski definition) is 2. The standard InChI is InChI=1S/C15H15Br2NO/c16-13-7-3-1-5-10(13)12(9-18)15(19)11-6-2-4-8-14(11)17/h1-8,12,15,19H,9,18H2. The maximum atomic E-state index is 10.6. The lowest BCUT2D eigenvalue weighted by atomic mass is 9.89. The maximum absolute atomic E-state index is 10.6. The smallest absolute Gasteiger partial charge is 0.0881 e. The lowest BCUT2D eigenvalue weighted by Gasteiger charge is -2.24. The van der Waals surface area contributed by atoms with Crippen molar-refractivity contribution in [1.82, 2.24) is 0 Å². The molecule has 0 saturated heterocycles. The zero-order chi connectivity index (χ0) is 13.8. The van der Waals surface area contributed by atoms with E-state index in [1.807, 2.05) is 48.5 Å². The highest BCUT2D eigenvalue weighted by molar-refractivity contribution is 9.10. The molecule has 0 fully saturated rings. The molecule has 0 aromatic heterocycles. The fraction of sp³-hybridized carbons (Fsp3) is 0.200. The van der Waals surface area contributed by atoms with E-state index in [9.17, 15) is 5.11 Å². The van der Waals surface area contributed by atoms with E-state index in [4.69, 9.17) is 5.73 Å². The average Bonchev–Trinajstić information content (AvgIpc) is 2.42. The van der Waals surface area contributed by atoms with Crippen LogP contribution in [0, 0.1) is 0 Å². The molecule has 2 unspecified atom stereocenters. The zero-order valence-electron chi connectivity index (χ0n) is 10.3. The summed E-state index contributed by atoms with van der Waals surface area (Å²) in [5.41, 5.74) is 7.74. The molecule has 100 valence electrons. The van der Waals surface area contributed by atoms with Gasteiger partial charge in [-0.05, 0) is 23.3 Å². The molecule has 2 rings (SSSR count). The lowest BCUT2D eigenvalue weighted by molar-refractivity contribution is 0.146. The third-order valence-electron chi connectivity index (χ3n) is 3.16. The topological polar surface area (TPSA) is 46.2 Å². The normalized spacial score (nSPS) is 14.1. The third-order valence-corrected chi connectivity index (χ3v) is 4.61. The second-order valence-electron chi connectivity index (χ2n) is 4.33. The number of aliphatic hydroxyl groups is 1. The molecule has 0 aliphatic rings. The monoisotopic (exact) mass is 383 g/mol. The molecular formula is C15H15Br2NO. The molecule has 0 radical (unpaired) electrons. The first kappa shape index (κ1) is 14.7. The number of nitrogens with two attached hydrogens (primary N) is 1. The summed E-state index contributed by atoms with van der Waals surface area (Å²) in [4.78, 5) is 0. The molecule has 0 heterocycles. The van der Waals surface area contributed by atoms with Gasteiger partial charge in [0, 0.05) is 21.4 Å². The molecule has 2 aromatic carbocycles. The van der Waals surface area contributed by atoms with E-state index in [1.165, 1.54) is 0 Å². The van der Waals surface area contributed by atoms with E-state index in [0.717, 1.165) is 20.1 Å². The van der Waals surface area contributed by atoms with Crippen LogP contribution < -0.4 is 5.73 Å². The summed E-state index contributed by atoms with van der Waals surface area (Å²) in [6.07, 6.45) is -0.640. The minimum atomic E-state index is -0.640. The fourth-order valence-corrected chi connectivity index (χ4v) is 3.23. The van der Waals surface area contributed by atoms with E-state index in [1.54, 1.807) is 0 Å². The first-order valence-electron chi connectivity index (χ1n) is 6.02. The van der Waals surface area contributed by atoms with Gasteiger partial charge in [0.1, 0.15) is 0 Å². The highest BCUT2D eigenvalue weighted by Gasteiger charge is 2.24. The van der Waals surface area contributed by atoms with Crippen molar-refractivity contribution in [3.05, 3.63) is 68.6 Å². The Balaban J connectivity index is 2.38. The van der Waals surface area contributed by atoms with Crippen molar-refractivity contribution >= 4 is 31.9 Å². The van der Waals surface area contributed by atoms with Crippen LogP contribution in [0.4, 0.5) is 0 Å². The predicted molar refractivity (Wildman–Crippen MR) is 85.0 cm³/mol. The van der Waals surface area contributed by atoms with Gasteiger partial charge in [-0.2, -0.15) is 0 Å². The van der Waals surface area contributed by atoms with Crippen LogP contribution in [0.15, 0.2) is 57.5 Å². The maximum Gasteiger partial charge on any atom is 0.0881 e. The van der Waals surface area contributed by atoms with Gasteiger partial charge in [0.05, 0.1) is 6.10 Å². The van der Waals surface area contributed by atoms with Crippen molar-refractivity contribution in [2.75, 3.05) is 6.54 Å². The molecule has 2 aromatic rings. The second kappa shape index (κ2) is 6.66. The second-order valence-corrected chi connectivity index (χ2v) is 6.04. The van der Waals surface area contributed by atoms with Gasteiger partial charge in [-0.1, -0.05) is 68.3 Å². The fourth-order valence-electron chi connectivity index (χ4n) is 2.13. The van der Waals surface area contributed by atoms with Crippen molar-refractivity contribution in [1.29, 1.82) is 0 Å². The Bertz CT molecular complexity index is 559. The summed E-state index contributed by atoms with van der Waals surface area (Å²) in [6, 6.07) is 15.5. The average molecular weight is 385 g/mol. The van der Waals surface area contributed by atoms with Gasteiger partial charge in [-0.15, -0.1) is 0 Å². The Morgan fingerprint density at radius 1 is 0.895 bits per heavy atom. The van der Waals surface area contributed by atoms with Gasteiger partial charge in [-0.25, -0.2) is 0 Å². The molecule has 2 nitrogen and oxygen atoms in total. The lowest BCUT2D eigenvalue weighted by Crippen LogP contribution is -2.20. The molecule has 0 saturated carbocycles. The Morgan fingerprint density at radius 3 is 1.84 bits per heavy atom. The largest absolute Gasteiger partial charge is 0.388 e. The quantitative estimate of drug-likeness (QED) is 0.837. The van der Waals surface area contributed by atoms with Crippen LogP contribution in [-0.4, -0.2) is 11.7 Å². The number of hydrogen-bond acceptors (Lipinski definition) is 2. The number of aliphatic hydroxyl groups excluding tert-OH is 1. The highest BCUT2D eigenvalue weighted by atomic mass is 79.9. The molecule has 0 aliphatic heterocycles. The van der Waals surface area contributed by atoms with Crippen molar-refractivity contribution in [2.24, 2.45) is 5.73 Å². The van der Waals surface area contributed by atoms with Gasteiger partial charge in [0.15, 0.2) is 0 Å². The summed E-state index contributed by atoms with van der Waals surface area (Å²) >= 11 is 6.99.